The number of aryl methyl sites for hydroxylation is 2. The van der Waals surface area contributed by atoms with Crippen LogP contribution in [-0.2, 0) is 27.6 Å². The van der Waals surface area contributed by atoms with Crippen molar-refractivity contribution >= 4 is 29.5 Å². The van der Waals surface area contributed by atoms with E-state index in [0.29, 0.717) is 29.7 Å². The van der Waals surface area contributed by atoms with Gasteiger partial charge in [0.25, 0.3) is 5.56 Å². The van der Waals surface area contributed by atoms with Gasteiger partial charge in [0, 0.05) is 40.3 Å². The van der Waals surface area contributed by atoms with Gasteiger partial charge in [-0.1, -0.05) is 30.3 Å². The van der Waals surface area contributed by atoms with Crippen molar-refractivity contribution in [3.05, 3.63) is 56.7 Å². The summed E-state index contributed by atoms with van der Waals surface area (Å²) in [5.41, 5.74) is 1.41. The van der Waals surface area contributed by atoms with Gasteiger partial charge in [-0.2, -0.15) is 4.98 Å². The van der Waals surface area contributed by atoms with Gasteiger partial charge in [0.15, 0.2) is 11.2 Å². The van der Waals surface area contributed by atoms with Crippen LogP contribution in [0.1, 0.15) is 12.5 Å². The molecule has 3 rings (SSSR count). The number of fused-ring (bicyclic) bond motifs is 1. The van der Waals surface area contributed by atoms with Crippen LogP contribution in [0.25, 0.3) is 11.2 Å². The van der Waals surface area contributed by atoms with Crippen molar-refractivity contribution in [1.82, 2.24) is 23.6 Å². The average molecular weight is 421 g/mol. The molecule has 1 atom stereocenters. The van der Waals surface area contributed by atoms with Gasteiger partial charge in [-0.05, 0) is 26.0 Å². The van der Waals surface area contributed by atoms with Crippen LogP contribution in [0.5, 0.6) is 0 Å². The second-order valence-electron chi connectivity index (χ2n) is 7.32. The van der Waals surface area contributed by atoms with Crippen LogP contribution in [0.15, 0.2) is 39.9 Å². The van der Waals surface area contributed by atoms with Crippen molar-refractivity contribution in [2.75, 3.05) is 25.5 Å². The van der Waals surface area contributed by atoms with Crippen LogP contribution in [0, 0.1) is 0 Å². The minimum Gasteiger partial charge on any atom is -0.354 e. The molecule has 9 heteroatoms. The molecule has 0 amide bonds. The maximum absolute atomic E-state index is 12.4. The van der Waals surface area contributed by atoms with Gasteiger partial charge in [-0.25, -0.2) is 4.79 Å². The van der Waals surface area contributed by atoms with E-state index in [2.05, 4.69) is 53.4 Å². The summed E-state index contributed by atoms with van der Waals surface area (Å²) in [4.78, 5) is 31.3. The summed E-state index contributed by atoms with van der Waals surface area (Å²) < 4.78 is 4.22. The van der Waals surface area contributed by atoms with Crippen LogP contribution in [0.4, 0.5) is 5.95 Å². The summed E-state index contributed by atoms with van der Waals surface area (Å²) in [5, 5.41) is 3.29. The Balaban J connectivity index is 0.00000300. The molecule has 0 saturated carbocycles. The lowest BCUT2D eigenvalue weighted by molar-refractivity contribution is 0.265. The fraction of sp³-hybridized carbons (Fsp3) is 0.450. The Morgan fingerprint density at radius 3 is 2.38 bits per heavy atom. The number of aromatic nitrogens is 4. The Bertz CT molecular complexity index is 1090. The summed E-state index contributed by atoms with van der Waals surface area (Å²) in [6, 6.07) is 10.8. The van der Waals surface area contributed by atoms with E-state index < -0.39 is 0 Å². The van der Waals surface area contributed by atoms with Gasteiger partial charge in [-0.15, -0.1) is 12.4 Å². The third-order valence-corrected chi connectivity index (χ3v) is 5.35. The zero-order valence-electron chi connectivity index (χ0n) is 17.5. The Labute approximate surface area is 176 Å². The number of imidazole rings is 1. The molecule has 0 aliphatic carbocycles. The lowest BCUT2D eigenvalue weighted by Gasteiger charge is -2.25. The molecule has 3 aromatic rings. The third-order valence-electron chi connectivity index (χ3n) is 5.35. The maximum Gasteiger partial charge on any atom is 0.332 e. The molecule has 158 valence electrons. The lowest BCUT2D eigenvalue weighted by Crippen LogP contribution is -2.37. The van der Waals surface area contributed by atoms with Crippen molar-refractivity contribution in [1.29, 1.82) is 0 Å². The van der Waals surface area contributed by atoms with Gasteiger partial charge in [-0.3, -0.25) is 13.9 Å². The predicted molar refractivity (Wildman–Crippen MR) is 119 cm³/mol. The van der Waals surface area contributed by atoms with Crippen LogP contribution >= 0.6 is 12.4 Å². The number of rotatable bonds is 7. The van der Waals surface area contributed by atoms with E-state index in [0.717, 1.165) is 17.5 Å². The third kappa shape index (κ3) is 4.54. The number of nitrogens with one attached hydrogen (secondary N) is 1. The SMILES string of the molecule is CC(Cc1ccccc1)N(C)CCNc1nc2c(c(=O)n(C)c(=O)n2C)n1C.Cl. The smallest absolute Gasteiger partial charge is 0.332 e. The second-order valence-corrected chi connectivity index (χ2v) is 7.32. The summed E-state index contributed by atoms with van der Waals surface area (Å²) >= 11 is 0. The molecule has 0 radical (unpaired) electrons. The van der Waals surface area contributed by atoms with E-state index in [1.807, 2.05) is 6.07 Å². The zero-order chi connectivity index (χ0) is 20.4. The first-order chi connectivity index (χ1) is 13.3. The highest BCUT2D eigenvalue weighted by atomic mass is 35.5. The molecular formula is C20H29ClN6O2. The highest BCUT2D eigenvalue weighted by Crippen LogP contribution is 2.13. The predicted octanol–water partition coefficient (Wildman–Crippen LogP) is 1.37. The van der Waals surface area contributed by atoms with E-state index in [1.54, 1.807) is 18.7 Å². The van der Waals surface area contributed by atoms with E-state index in [1.165, 1.54) is 17.2 Å². The molecular weight excluding hydrogens is 392 g/mol. The van der Waals surface area contributed by atoms with Crippen LogP contribution in [0.3, 0.4) is 0 Å². The first-order valence-electron chi connectivity index (χ1n) is 9.41. The van der Waals surface area contributed by atoms with Gasteiger partial charge >= 0.3 is 5.69 Å². The largest absolute Gasteiger partial charge is 0.354 e. The maximum atomic E-state index is 12.4. The summed E-state index contributed by atoms with van der Waals surface area (Å²) in [5.74, 6) is 0.581. The normalized spacial score (nSPS) is 12.2. The van der Waals surface area contributed by atoms with Crippen molar-refractivity contribution in [3.8, 4) is 0 Å². The molecule has 0 spiro atoms. The molecule has 2 heterocycles. The lowest BCUT2D eigenvalue weighted by atomic mass is 10.1. The van der Waals surface area contributed by atoms with E-state index in [9.17, 15) is 9.59 Å². The number of hydrogen-bond acceptors (Lipinski definition) is 5. The molecule has 8 nitrogen and oxygen atoms in total. The van der Waals surface area contributed by atoms with Crippen molar-refractivity contribution < 1.29 is 0 Å². The van der Waals surface area contributed by atoms with Crippen LogP contribution in [0.2, 0.25) is 0 Å². The van der Waals surface area contributed by atoms with Crippen LogP contribution < -0.4 is 16.6 Å². The highest BCUT2D eigenvalue weighted by Gasteiger charge is 2.17. The van der Waals surface area contributed by atoms with Gasteiger partial charge in [0.1, 0.15) is 0 Å². The first-order valence-corrected chi connectivity index (χ1v) is 9.41. The number of likely N-dealkylation sites (N-methyl/N-ethyl adjacent to an activating group) is 1. The number of hydrogen-bond donors (Lipinski definition) is 1. The fourth-order valence-electron chi connectivity index (χ4n) is 3.35. The summed E-state index contributed by atoms with van der Waals surface area (Å²) in [6.45, 7) is 3.72. The van der Waals surface area contributed by atoms with Crippen molar-refractivity contribution in [2.45, 2.75) is 19.4 Å². The Kier molecular flexibility index (Phi) is 7.26. The molecule has 0 saturated heterocycles. The zero-order valence-corrected chi connectivity index (χ0v) is 18.4. The topological polar surface area (TPSA) is 77.1 Å². The molecule has 29 heavy (non-hydrogen) atoms. The summed E-state index contributed by atoms with van der Waals surface area (Å²) in [7, 11) is 6.99. The van der Waals surface area contributed by atoms with E-state index in [-0.39, 0.29) is 23.7 Å². The monoisotopic (exact) mass is 420 g/mol. The van der Waals surface area contributed by atoms with Crippen LogP contribution in [-0.4, -0.2) is 49.8 Å². The van der Waals surface area contributed by atoms with Gasteiger partial charge in [0.2, 0.25) is 5.95 Å². The fourth-order valence-corrected chi connectivity index (χ4v) is 3.35. The van der Waals surface area contributed by atoms with Gasteiger partial charge < -0.3 is 14.8 Å². The van der Waals surface area contributed by atoms with Gasteiger partial charge in [0.05, 0.1) is 0 Å². The standard InChI is InChI=1S/C20H28N6O2.ClH/c1-14(13-15-9-7-6-8-10-15)23(2)12-11-21-19-22-17-16(24(19)3)18(27)26(5)20(28)25(17)4;/h6-10,14H,11-13H2,1-5H3,(H,21,22);1H. The molecule has 1 unspecified atom stereocenters. The molecule has 1 aromatic carbocycles. The molecule has 0 aliphatic rings. The average Bonchev–Trinajstić information content (AvgIpc) is 3.02. The minimum atomic E-state index is -0.378. The molecule has 0 bridgehead atoms. The quantitative estimate of drug-likeness (QED) is 0.624. The highest BCUT2D eigenvalue weighted by molar-refractivity contribution is 5.85. The molecule has 0 aliphatic heterocycles. The Morgan fingerprint density at radius 2 is 1.72 bits per heavy atom. The number of nitrogens with zero attached hydrogens (tertiary/aromatic N) is 5. The number of halogens is 1. The summed E-state index contributed by atoms with van der Waals surface area (Å²) in [6.07, 6.45) is 0.988. The van der Waals surface area contributed by atoms with Crippen molar-refractivity contribution in [2.24, 2.45) is 21.1 Å². The Morgan fingerprint density at radius 1 is 1.07 bits per heavy atom. The van der Waals surface area contributed by atoms with E-state index >= 15 is 0 Å². The molecule has 1 N–H and O–H groups in total. The number of benzene rings is 1. The number of anilines is 1. The minimum absolute atomic E-state index is 0. The van der Waals surface area contributed by atoms with Crippen molar-refractivity contribution in [3.63, 3.8) is 0 Å². The Hall–Kier alpha value is -2.58. The first kappa shape index (κ1) is 22.7. The van der Waals surface area contributed by atoms with E-state index in [4.69, 9.17) is 0 Å². The second kappa shape index (κ2) is 9.28. The molecule has 0 fully saturated rings. The molecule has 2 aromatic heterocycles.